The van der Waals surface area contributed by atoms with Crippen molar-refractivity contribution in [2.24, 2.45) is 7.05 Å². The van der Waals surface area contributed by atoms with Crippen LogP contribution in [0.3, 0.4) is 0 Å². The van der Waals surface area contributed by atoms with Crippen molar-refractivity contribution in [2.75, 3.05) is 24.8 Å². The van der Waals surface area contributed by atoms with E-state index in [2.05, 4.69) is 17.3 Å². The fourth-order valence-corrected chi connectivity index (χ4v) is 1.79. The van der Waals surface area contributed by atoms with Gasteiger partial charge in [0.05, 0.1) is 24.0 Å². The number of aromatic nitrogens is 2. The molecule has 0 saturated carbocycles. The second-order valence-corrected chi connectivity index (χ2v) is 4.06. The molecule has 1 unspecified atom stereocenters. The van der Waals surface area contributed by atoms with Gasteiger partial charge in [0.1, 0.15) is 5.82 Å². The van der Waals surface area contributed by atoms with Crippen LogP contribution in [0.4, 0.5) is 11.5 Å². The maximum absolute atomic E-state index is 5.96. The minimum absolute atomic E-state index is 0.284. The maximum Gasteiger partial charge on any atom is 0.148 e. The van der Waals surface area contributed by atoms with E-state index in [0.717, 1.165) is 30.0 Å². The lowest BCUT2D eigenvalue weighted by molar-refractivity contribution is 0.182. The lowest BCUT2D eigenvalue weighted by Gasteiger charge is -2.18. The first-order valence-corrected chi connectivity index (χ1v) is 5.64. The van der Waals surface area contributed by atoms with Crippen LogP contribution in [0.5, 0.6) is 0 Å². The summed E-state index contributed by atoms with van der Waals surface area (Å²) in [4.78, 5) is 0. The van der Waals surface area contributed by atoms with Crippen LogP contribution in [0.25, 0.3) is 0 Å². The highest BCUT2D eigenvalue weighted by atomic mass is 16.5. The van der Waals surface area contributed by atoms with Gasteiger partial charge in [0.2, 0.25) is 0 Å². The molecule has 3 N–H and O–H groups in total. The molecular weight excluding hydrogens is 204 g/mol. The lowest BCUT2D eigenvalue weighted by atomic mass is 10.2. The van der Waals surface area contributed by atoms with Gasteiger partial charge in [0.25, 0.3) is 0 Å². The molecule has 92 valence electrons. The van der Waals surface area contributed by atoms with E-state index in [4.69, 9.17) is 10.5 Å². The SMILES string of the molecule is CCCC(COC)Nc1c(N)c(C)nn1C. The van der Waals surface area contributed by atoms with Crippen LogP contribution in [-0.2, 0) is 11.8 Å². The van der Waals surface area contributed by atoms with E-state index >= 15 is 0 Å². The molecule has 1 rings (SSSR count). The molecule has 1 atom stereocenters. The Balaban J connectivity index is 2.76. The first-order chi connectivity index (χ1) is 7.60. The minimum Gasteiger partial charge on any atom is -0.394 e. The standard InChI is InChI=1S/C11H22N4O/c1-5-6-9(7-16-4)13-11-10(12)8(2)14-15(11)3/h9,13H,5-7,12H2,1-4H3. The van der Waals surface area contributed by atoms with Crippen molar-refractivity contribution >= 4 is 11.5 Å². The predicted octanol–water partition coefficient (Wildman–Crippen LogP) is 1.54. The number of anilines is 2. The van der Waals surface area contributed by atoms with Gasteiger partial charge in [-0.25, -0.2) is 0 Å². The van der Waals surface area contributed by atoms with E-state index in [1.54, 1.807) is 11.8 Å². The summed E-state index contributed by atoms with van der Waals surface area (Å²) in [5, 5.41) is 7.66. The molecule has 0 amide bonds. The number of nitrogen functional groups attached to an aromatic ring is 1. The van der Waals surface area contributed by atoms with Crippen molar-refractivity contribution in [3.05, 3.63) is 5.69 Å². The predicted molar refractivity (Wildman–Crippen MR) is 66.6 cm³/mol. The molecule has 0 saturated heterocycles. The Morgan fingerprint density at radius 3 is 2.69 bits per heavy atom. The number of hydrogen-bond donors (Lipinski definition) is 2. The summed E-state index contributed by atoms with van der Waals surface area (Å²) in [5.41, 5.74) is 7.54. The molecule has 1 aromatic rings. The number of hydrogen-bond acceptors (Lipinski definition) is 4. The zero-order chi connectivity index (χ0) is 12.1. The van der Waals surface area contributed by atoms with Crippen LogP contribution in [0.2, 0.25) is 0 Å². The molecule has 1 heterocycles. The van der Waals surface area contributed by atoms with Gasteiger partial charge in [-0.15, -0.1) is 0 Å². The Morgan fingerprint density at radius 1 is 1.56 bits per heavy atom. The van der Waals surface area contributed by atoms with Gasteiger partial charge in [0, 0.05) is 14.2 Å². The molecule has 0 aliphatic carbocycles. The Labute approximate surface area is 97.0 Å². The maximum atomic E-state index is 5.96. The van der Waals surface area contributed by atoms with E-state index in [1.165, 1.54) is 0 Å². The fraction of sp³-hybridized carbons (Fsp3) is 0.727. The van der Waals surface area contributed by atoms with Gasteiger partial charge in [-0.3, -0.25) is 4.68 Å². The largest absolute Gasteiger partial charge is 0.394 e. The monoisotopic (exact) mass is 226 g/mol. The molecule has 0 bridgehead atoms. The summed E-state index contributed by atoms with van der Waals surface area (Å²) < 4.78 is 6.96. The zero-order valence-electron chi connectivity index (χ0n) is 10.6. The molecule has 0 aliphatic rings. The normalized spacial score (nSPS) is 12.8. The molecule has 1 aromatic heterocycles. The first-order valence-electron chi connectivity index (χ1n) is 5.64. The van der Waals surface area contributed by atoms with Crippen LogP contribution in [0, 0.1) is 6.92 Å². The molecule has 5 nitrogen and oxygen atoms in total. The number of methoxy groups -OCH3 is 1. The van der Waals surface area contributed by atoms with Crippen LogP contribution in [0.1, 0.15) is 25.5 Å². The Kier molecular flexibility index (Phi) is 4.61. The van der Waals surface area contributed by atoms with Gasteiger partial charge in [-0.2, -0.15) is 5.10 Å². The number of ether oxygens (including phenoxy) is 1. The second kappa shape index (κ2) is 5.75. The summed E-state index contributed by atoms with van der Waals surface area (Å²) in [6, 6.07) is 0.284. The smallest absolute Gasteiger partial charge is 0.148 e. The number of nitrogens with two attached hydrogens (primary N) is 1. The summed E-state index contributed by atoms with van der Waals surface area (Å²) in [5.74, 6) is 0.882. The van der Waals surface area contributed by atoms with Crippen molar-refractivity contribution < 1.29 is 4.74 Å². The molecule has 0 radical (unpaired) electrons. The van der Waals surface area contributed by atoms with Gasteiger partial charge in [-0.1, -0.05) is 13.3 Å². The average Bonchev–Trinajstić information content (AvgIpc) is 2.46. The van der Waals surface area contributed by atoms with Crippen LogP contribution in [0.15, 0.2) is 0 Å². The van der Waals surface area contributed by atoms with Crippen LogP contribution < -0.4 is 11.1 Å². The minimum atomic E-state index is 0.284. The van der Waals surface area contributed by atoms with Crippen LogP contribution in [-0.4, -0.2) is 29.5 Å². The fourth-order valence-electron chi connectivity index (χ4n) is 1.79. The molecule has 0 fully saturated rings. The third-order valence-corrected chi connectivity index (χ3v) is 2.61. The first kappa shape index (κ1) is 12.8. The highest BCUT2D eigenvalue weighted by Gasteiger charge is 2.14. The Bertz CT molecular complexity index is 329. The zero-order valence-corrected chi connectivity index (χ0v) is 10.6. The number of rotatable bonds is 6. The van der Waals surface area contributed by atoms with Crippen molar-refractivity contribution in [1.29, 1.82) is 0 Å². The van der Waals surface area contributed by atoms with Crippen molar-refractivity contribution in [1.82, 2.24) is 9.78 Å². The Hall–Kier alpha value is -1.23. The number of aryl methyl sites for hydroxylation is 2. The van der Waals surface area contributed by atoms with Crippen molar-refractivity contribution in [3.63, 3.8) is 0 Å². The quantitative estimate of drug-likeness (QED) is 0.772. The van der Waals surface area contributed by atoms with E-state index in [0.29, 0.717) is 6.61 Å². The molecule has 0 aromatic carbocycles. The number of nitrogens with one attached hydrogen (secondary N) is 1. The summed E-state index contributed by atoms with van der Waals surface area (Å²) in [6.07, 6.45) is 2.16. The lowest BCUT2D eigenvalue weighted by Crippen LogP contribution is -2.26. The van der Waals surface area contributed by atoms with Gasteiger partial charge >= 0.3 is 0 Å². The van der Waals surface area contributed by atoms with E-state index in [9.17, 15) is 0 Å². The van der Waals surface area contributed by atoms with E-state index in [-0.39, 0.29) is 6.04 Å². The summed E-state index contributed by atoms with van der Waals surface area (Å²) in [7, 11) is 3.60. The molecule has 16 heavy (non-hydrogen) atoms. The van der Waals surface area contributed by atoms with E-state index in [1.807, 2.05) is 14.0 Å². The van der Waals surface area contributed by atoms with E-state index < -0.39 is 0 Å². The molecule has 0 aliphatic heterocycles. The van der Waals surface area contributed by atoms with Gasteiger partial charge in [0.15, 0.2) is 0 Å². The highest BCUT2D eigenvalue weighted by Crippen LogP contribution is 2.22. The van der Waals surface area contributed by atoms with Crippen molar-refractivity contribution in [2.45, 2.75) is 32.7 Å². The van der Waals surface area contributed by atoms with Gasteiger partial charge < -0.3 is 15.8 Å². The third-order valence-electron chi connectivity index (χ3n) is 2.61. The summed E-state index contributed by atoms with van der Waals surface area (Å²) in [6.45, 7) is 4.74. The Morgan fingerprint density at radius 2 is 2.25 bits per heavy atom. The molecular formula is C11H22N4O. The van der Waals surface area contributed by atoms with Gasteiger partial charge in [-0.05, 0) is 13.3 Å². The highest BCUT2D eigenvalue weighted by molar-refractivity contribution is 5.64. The number of nitrogens with zero attached hydrogens (tertiary/aromatic N) is 2. The van der Waals surface area contributed by atoms with Crippen molar-refractivity contribution in [3.8, 4) is 0 Å². The average molecular weight is 226 g/mol. The molecule has 0 spiro atoms. The molecule has 5 heteroatoms. The second-order valence-electron chi connectivity index (χ2n) is 4.06. The summed E-state index contributed by atoms with van der Waals surface area (Å²) >= 11 is 0. The third kappa shape index (κ3) is 2.88. The van der Waals surface area contributed by atoms with Crippen LogP contribution >= 0.6 is 0 Å². The topological polar surface area (TPSA) is 65.1 Å².